The predicted molar refractivity (Wildman–Crippen MR) is 128 cm³/mol. The zero-order valence-electron chi connectivity index (χ0n) is 19.0. The van der Waals surface area contributed by atoms with Crippen LogP contribution in [0.3, 0.4) is 0 Å². The molecule has 2 amide bonds. The van der Waals surface area contributed by atoms with Gasteiger partial charge >= 0.3 is 11.7 Å². The van der Waals surface area contributed by atoms with Gasteiger partial charge < -0.3 is 15.5 Å². The molecule has 2 aromatic rings. The molecular formula is C24H33N7O2. The number of piperidine rings is 1. The Morgan fingerprint density at radius 1 is 0.970 bits per heavy atom. The van der Waals surface area contributed by atoms with Gasteiger partial charge in [0.1, 0.15) is 5.82 Å². The molecule has 1 aromatic heterocycles. The quantitative estimate of drug-likeness (QED) is 0.630. The summed E-state index contributed by atoms with van der Waals surface area (Å²) < 4.78 is 1.50. The molecule has 3 N–H and O–H groups in total. The van der Waals surface area contributed by atoms with Gasteiger partial charge in [-0.2, -0.15) is 4.98 Å². The van der Waals surface area contributed by atoms with Crippen molar-refractivity contribution >= 4 is 11.8 Å². The normalized spacial score (nSPS) is 20.4. The maximum absolute atomic E-state index is 12.6. The summed E-state index contributed by atoms with van der Waals surface area (Å²) in [4.78, 5) is 33.2. The van der Waals surface area contributed by atoms with E-state index >= 15 is 0 Å². The van der Waals surface area contributed by atoms with Gasteiger partial charge in [-0.15, -0.1) is 0 Å². The average molecular weight is 452 g/mol. The first-order valence-electron chi connectivity index (χ1n) is 12.0. The van der Waals surface area contributed by atoms with E-state index in [-0.39, 0.29) is 11.8 Å². The Morgan fingerprint density at radius 3 is 2.36 bits per heavy atom. The molecule has 3 saturated heterocycles. The number of anilines is 1. The average Bonchev–Trinajstić information content (AvgIpc) is 2.83. The van der Waals surface area contributed by atoms with Crippen LogP contribution in [0.1, 0.15) is 18.4 Å². The Hall–Kier alpha value is -2.75. The molecule has 3 aliphatic rings. The van der Waals surface area contributed by atoms with Crippen LogP contribution in [0.2, 0.25) is 0 Å². The zero-order chi connectivity index (χ0) is 22.6. The van der Waals surface area contributed by atoms with Crippen molar-refractivity contribution < 1.29 is 4.79 Å². The summed E-state index contributed by atoms with van der Waals surface area (Å²) in [6, 6.07) is 9.53. The third-order valence-electron chi connectivity index (χ3n) is 7.10. The first kappa shape index (κ1) is 22.1. The highest BCUT2D eigenvalue weighted by atomic mass is 16.2. The summed E-state index contributed by atoms with van der Waals surface area (Å²) in [5.74, 6) is 2.01. The molecule has 176 valence electrons. The highest BCUT2D eigenvalue weighted by molar-refractivity contribution is 5.88. The highest BCUT2D eigenvalue weighted by Crippen LogP contribution is 2.30. The first-order valence-corrected chi connectivity index (χ1v) is 12.0. The second-order valence-corrected chi connectivity index (χ2v) is 9.34. The third kappa shape index (κ3) is 5.26. The van der Waals surface area contributed by atoms with E-state index < -0.39 is 5.69 Å². The van der Waals surface area contributed by atoms with Crippen LogP contribution >= 0.6 is 0 Å². The van der Waals surface area contributed by atoms with Crippen LogP contribution in [0.25, 0.3) is 5.69 Å². The lowest BCUT2D eigenvalue weighted by molar-refractivity contribution is 0.0391. The Morgan fingerprint density at radius 2 is 1.67 bits per heavy atom. The van der Waals surface area contributed by atoms with E-state index in [0.717, 1.165) is 37.2 Å². The van der Waals surface area contributed by atoms with Gasteiger partial charge in [-0.1, -0.05) is 12.1 Å². The van der Waals surface area contributed by atoms with E-state index in [1.807, 2.05) is 12.1 Å². The summed E-state index contributed by atoms with van der Waals surface area (Å²) in [5.41, 5.74) is 1.62. The Labute approximate surface area is 194 Å². The minimum atomic E-state index is -0.409. The van der Waals surface area contributed by atoms with Crippen LogP contribution in [0.4, 0.5) is 10.6 Å². The summed E-state index contributed by atoms with van der Waals surface area (Å²) in [6.07, 6.45) is 4.29. The second kappa shape index (κ2) is 10.0. The van der Waals surface area contributed by atoms with Crippen molar-refractivity contribution in [1.82, 2.24) is 30.0 Å². The summed E-state index contributed by atoms with van der Waals surface area (Å²) in [7, 11) is 0. The number of urea groups is 1. The fourth-order valence-electron chi connectivity index (χ4n) is 5.10. The number of nitrogens with zero attached hydrogens (tertiary/aromatic N) is 4. The lowest BCUT2D eigenvalue weighted by Crippen LogP contribution is -2.51. The molecule has 0 bridgehead atoms. The fourth-order valence-corrected chi connectivity index (χ4v) is 5.10. The monoisotopic (exact) mass is 451 g/mol. The van der Waals surface area contributed by atoms with E-state index in [1.54, 1.807) is 17.2 Å². The number of hydrogen-bond acceptors (Lipinski definition) is 6. The predicted octanol–water partition coefficient (Wildman–Crippen LogP) is 1.10. The van der Waals surface area contributed by atoms with E-state index in [2.05, 4.69) is 38.0 Å². The maximum Gasteiger partial charge on any atom is 0.354 e. The lowest BCUT2D eigenvalue weighted by atomic mass is 9.80. The summed E-state index contributed by atoms with van der Waals surface area (Å²) >= 11 is 0. The van der Waals surface area contributed by atoms with Gasteiger partial charge in [0.2, 0.25) is 0 Å². The highest BCUT2D eigenvalue weighted by Gasteiger charge is 2.33. The van der Waals surface area contributed by atoms with Gasteiger partial charge in [-0.05, 0) is 61.5 Å². The smallest absolute Gasteiger partial charge is 0.322 e. The van der Waals surface area contributed by atoms with Gasteiger partial charge in [-0.3, -0.25) is 14.8 Å². The molecule has 5 rings (SSSR count). The van der Waals surface area contributed by atoms with Crippen molar-refractivity contribution in [1.29, 1.82) is 0 Å². The van der Waals surface area contributed by atoms with Gasteiger partial charge in [0.05, 0.1) is 5.69 Å². The molecule has 0 unspecified atom stereocenters. The lowest BCUT2D eigenvalue weighted by Gasteiger charge is -2.45. The van der Waals surface area contributed by atoms with Gasteiger partial charge in [-0.25, -0.2) is 9.59 Å². The molecule has 0 spiro atoms. The fraction of sp³-hybridized carbons (Fsp3) is 0.542. The summed E-state index contributed by atoms with van der Waals surface area (Å²) in [6.45, 7) is 8.50. The third-order valence-corrected chi connectivity index (χ3v) is 7.10. The maximum atomic E-state index is 12.6. The Kier molecular flexibility index (Phi) is 6.70. The number of carbonyl (C=O) groups is 1. The van der Waals surface area contributed by atoms with Crippen molar-refractivity contribution in [2.45, 2.75) is 19.4 Å². The Balaban J connectivity index is 1.15. The van der Waals surface area contributed by atoms with Crippen LogP contribution in [0.15, 0.2) is 41.3 Å². The molecule has 1 aromatic carbocycles. The molecule has 33 heavy (non-hydrogen) atoms. The largest absolute Gasteiger partial charge is 0.354 e. The molecular weight excluding hydrogens is 418 g/mol. The van der Waals surface area contributed by atoms with E-state index in [0.29, 0.717) is 13.1 Å². The van der Waals surface area contributed by atoms with Gasteiger partial charge in [0.25, 0.3) is 0 Å². The SMILES string of the molecule is O=C(Nc1ccn(-c2ccc(CN3CC(C4CCNCC4)C3)cc2)c(=O)n1)N1CCNCC1. The number of hydrogen-bond donors (Lipinski definition) is 3. The molecule has 0 atom stereocenters. The van der Waals surface area contributed by atoms with Crippen LogP contribution in [0.5, 0.6) is 0 Å². The van der Waals surface area contributed by atoms with Gasteiger partial charge in [0, 0.05) is 52.0 Å². The summed E-state index contributed by atoms with van der Waals surface area (Å²) in [5, 5.41) is 9.39. The number of aromatic nitrogens is 2. The second-order valence-electron chi connectivity index (χ2n) is 9.34. The van der Waals surface area contributed by atoms with Crippen molar-refractivity contribution in [3.63, 3.8) is 0 Å². The van der Waals surface area contributed by atoms with Crippen LogP contribution in [-0.4, -0.2) is 77.7 Å². The zero-order valence-corrected chi connectivity index (χ0v) is 19.0. The van der Waals surface area contributed by atoms with Crippen molar-refractivity contribution in [3.8, 4) is 5.69 Å². The molecule has 4 heterocycles. The van der Waals surface area contributed by atoms with E-state index in [9.17, 15) is 9.59 Å². The molecule has 9 heteroatoms. The van der Waals surface area contributed by atoms with E-state index in [1.165, 1.54) is 49.2 Å². The number of piperazine rings is 1. The van der Waals surface area contributed by atoms with Crippen LogP contribution < -0.4 is 21.6 Å². The first-order chi connectivity index (χ1) is 16.2. The van der Waals surface area contributed by atoms with Crippen molar-refractivity contribution in [2.24, 2.45) is 11.8 Å². The van der Waals surface area contributed by atoms with Crippen LogP contribution in [-0.2, 0) is 6.54 Å². The number of benzene rings is 1. The topological polar surface area (TPSA) is 94.5 Å². The number of amides is 2. The minimum absolute atomic E-state index is 0.223. The number of nitrogens with one attached hydrogen (secondary N) is 3. The molecule has 3 fully saturated rings. The number of rotatable bonds is 5. The number of carbonyl (C=O) groups excluding carboxylic acids is 1. The molecule has 0 radical (unpaired) electrons. The minimum Gasteiger partial charge on any atom is -0.322 e. The van der Waals surface area contributed by atoms with Crippen molar-refractivity contribution in [2.75, 3.05) is 57.7 Å². The molecule has 9 nitrogen and oxygen atoms in total. The number of likely N-dealkylation sites (tertiary alicyclic amines) is 1. The Bertz CT molecular complexity index is 1000. The van der Waals surface area contributed by atoms with E-state index in [4.69, 9.17) is 0 Å². The molecule has 3 aliphatic heterocycles. The van der Waals surface area contributed by atoms with Gasteiger partial charge in [0.15, 0.2) is 0 Å². The van der Waals surface area contributed by atoms with Crippen molar-refractivity contribution in [3.05, 3.63) is 52.6 Å². The standard InChI is InChI=1S/C24H33N7O2/c32-23(30-13-10-26-11-14-30)27-22-7-12-31(24(33)28-22)21-3-1-18(2-4-21)15-29-16-20(17-29)19-5-8-25-9-6-19/h1-4,7,12,19-20,25-26H,5-6,8-11,13-17H2,(H,27,28,32,33). The molecule has 0 aliphatic carbocycles. The molecule has 0 saturated carbocycles. The van der Waals surface area contributed by atoms with Crippen LogP contribution in [0, 0.1) is 11.8 Å².